The first-order chi connectivity index (χ1) is 13.0. The first-order valence-corrected chi connectivity index (χ1v) is 9.85. The number of likely N-dealkylation sites (tertiary alicyclic amines) is 1. The summed E-state index contributed by atoms with van der Waals surface area (Å²) in [6, 6.07) is 5.03. The Morgan fingerprint density at radius 2 is 2.04 bits per heavy atom. The van der Waals surface area contributed by atoms with Crippen LogP contribution >= 0.6 is 0 Å². The Labute approximate surface area is 161 Å². The third-order valence-corrected chi connectivity index (χ3v) is 4.85. The summed E-state index contributed by atoms with van der Waals surface area (Å²) in [7, 11) is 0. The molecule has 1 heterocycles. The van der Waals surface area contributed by atoms with E-state index < -0.39 is 0 Å². The van der Waals surface area contributed by atoms with Crippen LogP contribution in [0.4, 0.5) is 4.39 Å². The van der Waals surface area contributed by atoms with E-state index in [2.05, 4.69) is 32.8 Å². The summed E-state index contributed by atoms with van der Waals surface area (Å²) >= 11 is 0. The lowest BCUT2D eigenvalue weighted by molar-refractivity contribution is 0.0954. The molecular formula is C20H32FN5O. The van der Waals surface area contributed by atoms with E-state index in [1.807, 2.05) is 6.92 Å². The number of aliphatic imine (C=N–C) groups is 1. The molecule has 2 rings (SSSR count). The summed E-state index contributed by atoms with van der Waals surface area (Å²) in [5, 5.41) is 9.26. The van der Waals surface area contributed by atoms with Crippen molar-refractivity contribution in [2.24, 2.45) is 4.99 Å². The third kappa shape index (κ3) is 6.50. The van der Waals surface area contributed by atoms with Gasteiger partial charge in [0.25, 0.3) is 5.91 Å². The third-order valence-electron chi connectivity index (χ3n) is 4.85. The molecule has 1 aromatic rings. The molecule has 0 aromatic heterocycles. The lowest BCUT2D eigenvalue weighted by Gasteiger charge is -2.21. The molecule has 0 spiro atoms. The molecule has 27 heavy (non-hydrogen) atoms. The molecule has 1 saturated heterocycles. The average Bonchev–Trinajstić information content (AvgIpc) is 3.12. The fourth-order valence-corrected chi connectivity index (χ4v) is 3.25. The van der Waals surface area contributed by atoms with Crippen LogP contribution in [-0.4, -0.2) is 62.1 Å². The Morgan fingerprint density at radius 3 is 2.74 bits per heavy atom. The van der Waals surface area contributed by atoms with E-state index in [0.717, 1.165) is 32.1 Å². The lowest BCUT2D eigenvalue weighted by atomic mass is 10.1. The second-order valence-electron chi connectivity index (χ2n) is 6.79. The minimum absolute atomic E-state index is 0.276. The average molecular weight is 378 g/mol. The van der Waals surface area contributed by atoms with Gasteiger partial charge in [-0.3, -0.25) is 14.7 Å². The molecule has 1 fully saturated rings. The molecule has 6 nitrogen and oxygen atoms in total. The first kappa shape index (κ1) is 21.2. The smallest absolute Gasteiger partial charge is 0.251 e. The summed E-state index contributed by atoms with van der Waals surface area (Å²) in [5.41, 5.74) is 0.864. The Morgan fingerprint density at radius 1 is 1.26 bits per heavy atom. The van der Waals surface area contributed by atoms with E-state index in [1.54, 1.807) is 19.1 Å². The molecule has 150 valence electrons. The monoisotopic (exact) mass is 377 g/mol. The molecule has 1 amide bonds. The number of carbonyl (C=O) groups is 1. The van der Waals surface area contributed by atoms with E-state index in [4.69, 9.17) is 0 Å². The predicted octanol–water partition coefficient (Wildman–Crippen LogP) is 1.90. The van der Waals surface area contributed by atoms with Crippen LogP contribution in [0, 0.1) is 12.7 Å². The number of hydrogen-bond donors (Lipinski definition) is 3. The summed E-state index contributed by atoms with van der Waals surface area (Å²) < 4.78 is 13.6. The van der Waals surface area contributed by atoms with Gasteiger partial charge in [-0.25, -0.2) is 4.39 Å². The fourth-order valence-electron chi connectivity index (χ4n) is 3.25. The molecule has 0 aliphatic carbocycles. The van der Waals surface area contributed by atoms with Crippen LogP contribution in [0.5, 0.6) is 0 Å². The minimum Gasteiger partial charge on any atom is -0.357 e. The van der Waals surface area contributed by atoms with Crippen molar-refractivity contribution in [2.75, 3.05) is 39.3 Å². The number of nitrogens with zero attached hydrogens (tertiary/aromatic N) is 2. The van der Waals surface area contributed by atoms with E-state index in [1.165, 1.54) is 18.9 Å². The molecule has 1 aliphatic heterocycles. The zero-order valence-electron chi connectivity index (χ0n) is 16.6. The van der Waals surface area contributed by atoms with Crippen LogP contribution in [0.2, 0.25) is 0 Å². The highest BCUT2D eigenvalue weighted by atomic mass is 19.1. The zero-order valence-corrected chi connectivity index (χ0v) is 16.6. The van der Waals surface area contributed by atoms with Crippen molar-refractivity contribution in [1.29, 1.82) is 0 Å². The Bertz CT molecular complexity index is 649. The standard InChI is InChI=1S/C20H32FN5O/c1-4-22-20(25-14-17-7-6-12-26(17)5-2)24-11-10-23-19(27)16-9-8-15(3)18(21)13-16/h8-9,13,17H,4-7,10-12,14H2,1-3H3,(H,23,27)(H2,22,24,25). The second-order valence-corrected chi connectivity index (χ2v) is 6.79. The van der Waals surface area contributed by atoms with Crippen LogP contribution in [-0.2, 0) is 0 Å². The topological polar surface area (TPSA) is 68.8 Å². The molecular weight excluding hydrogens is 345 g/mol. The predicted molar refractivity (Wildman–Crippen MR) is 108 cm³/mol. The van der Waals surface area contributed by atoms with E-state index in [0.29, 0.717) is 30.3 Å². The number of nitrogens with one attached hydrogen (secondary N) is 3. The zero-order chi connectivity index (χ0) is 19.6. The number of carbonyl (C=O) groups excluding carboxylic acids is 1. The van der Waals surface area contributed by atoms with E-state index in [-0.39, 0.29) is 11.7 Å². The van der Waals surface area contributed by atoms with Gasteiger partial charge in [0, 0.05) is 31.2 Å². The maximum absolute atomic E-state index is 13.6. The number of halogens is 1. The van der Waals surface area contributed by atoms with Crippen molar-refractivity contribution in [1.82, 2.24) is 20.9 Å². The van der Waals surface area contributed by atoms with Gasteiger partial charge in [-0.05, 0) is 57.5 Å². The highest BCUT2D eigenvalue weighted by Crippen LogP contribution is 2.16. The number of aryl methyl sites for hydroxylation is 1. The normalized spacial score (nSPS) is 17.8. The number of hydrogen-bond acceptors (Lipinski definition) is 3. The number of benzene rings is 1. The maximum atomic E-state index is 13.6. The fraction of sp³-hybridized carbons (Fsp3) is 0.600. The van der Waals surface area contributed by atoms with Gasteiger partial charge in [-0.1, -0.05) is 13.0 Å². The highest BCUT2D eigenvalue weighted by molar-refractivity contribution is 5.94. The molecule has 0 bridgehead atoms. The molecule has 0 saturated carbocycles. The molecule has 1 aromatic carbocycles. The highest BCUT2D eigenvalue weighted by Gasteiger charge is 2.22. The van der Waals surface area contributed by atoms with E-state index in [9.17, 15) is 9.18 Å². The van der Waals surface area contributed by atoms with Gasteiger partial charge in [0.05, 0.1) is 6.54 Å². The van der Waals surface area contributed by atoms with Gasteiger partial charge >= 0.3 is 0 Å². The number of likely N-dealkylation sites (N-methyl/N-ethyl adjacent to an activating group) is 1. The van der Waals surface area contributed by atoms with Gasteiger partial charge < -0.3 is 16.0 Å². The number of rotatable bonds is 8. The van der Waals surface area contributed by atoms with Crippen LogP contribution in [0.15, 0.2) is 23.2 Å². The van der Waals surface area contributed by atoms with Crippen LogP contribution in [0.3, 0.4) is 0 Å². The Kier molecular flexibility index (Phi) is 8.51. The largest absolute Gasteiger partial charge is 0.357 e. The van der Waals surface area contributed by atoms with Gasteiger partial charge in [-0.2, -0.15) is 0 Å². The van der Waals surface area contributed by atoms with Crippen molar-refractivity contribution in [3.8, 4) is 0 Å². The maximum Gasteiger partial charge on any atom is 0.251 e. The van der Waals surface area contributed by atoms with Crippen LogP contribution in [0.25, 0.3) is 0 Å². The van der Waals surface area contributed by atoms with Gasteiger partial charge in [0.1, 0.15) is 5.82 Å². The Hall–Kier alpha value is -2.15. The summed E-state index contributed by atoms with van der Waals surface area (Å²) in [4.78, 5) is 19.2. The molecule has 1 atom stereocenters. The Balaban J connectivity index is 1.77. The van der Waals surface area contributed by atoms with Gasteiger partial charge in [0.2, 0.25) is 0 Å². The van der Waals surface area contributed by atoms with Crippen molar-refractivity contribution >= 4 is 11.9 Å². The van der Waals surface area contributed by atoms with Crippen molar-refractivity contribution in [3.05, 3.63) is 35.1 Å². The number of guanidine groups is 1. The van der Waals surface area contributed by atoms with Crippen LogP contribution < -0.4 is 16.0 Å². The van der Waals surface area contributed by atoms with Gasteiger partial charge in [0.15, 0.2) is 5.96 Å². The minimum atomic E-state index is -0.365. The van der Waals surface area contributed by atoms with Crippen molar-refractivity contribution in [2.45, 2.75) is 39.7 Å². The molecule has 1 unspecified atom stereocenters. The second kappa shape index (κ2) is 10.9. The summed E-state index contributed by atoms with van der Waals surface area (Å²) in [6.07, 6.45) is 2.43. The lowest BCUT2D eigenvalue weighted by Crippen LogP contribution is -2.42. The molecule has 0 radical (unpaired) electrons. The first-order valence-electron chi connectivity index (χ1n) is 9.85. The molecule has 1 aliphatic rings. The molecule has 3 N–H and O–H groups in total. The quantitative estimate of drug-likeness (QED) is 0.368. The number of amides is 1. The molecule has 7 heteroatoms. The SMILES string of the molecule is CCNC(=NCC1CCCN1CC)NCCNC(=O)c1ccc(C)c(F)c1. The van der Waals surface area contributed by atoms with Gasteiger partial charge in [-0.15, -0.1) is 0 Å². The van der Waals surface area contributed by atoms with Crippen molar-refractivity contribution in [3.63, 3.8) is 0 Å². The summed E-state index contributed by atoms with van der Waals surface area (Å²) in [6.45, 7) is 10.7. The van der Waals surface area contributed by atoms with E-state index >= 15 is 0 Å². The summed E-state index contributed by atoms with van der Waals surface area (Å²) in [5.74, 6) is 0.119. The van der Waals surface area contributed by atoms with Crippen molar-refractivity contribution < 1.29 is 9.18 Å². The van der Waals surface area contributed by atoms with Crippen LogP contribution in [0.1, 0.15) is 42.6 Å².